The van der Waals surface area contributed by atoms with E-state index in [1.165, 1.54) is 0 Å². The molecule has 0 aliphatic rings. The van der Waals surface area contributed by atoms with Crippen LogP contribution in [0.5, 0.6) is 0 Å². The molecule has 0 aromatic rings. The Labute approximate surface area is 98.9 Å². The maximum atomic E-state index is 9.50. The van der Waals surface area contributed by atoms with Crippen molar-refractivity contribution in [1.29, 1.82) is 0 Å². The van der Waals surface area contributed by atoms with Gasteiger partial charge >= 0.3 is 51.4 Å². The minimum Gasteiger partial charge on any atom is -0.750 e. The van der Waals surface area contributed by atoms with Gasteiger partial charge in [-0.3, -0.25) is 4.18 Å². The molecule has 8 heavy (non-hydrogen) atoms. The third-order valence-electron chi connectivity index (χ3n) is 0.271. The molecule has 0 fully saturated rings. The quantitative estimate of drug-likeness (QED) is 0.282. The van der Waals surface area contributed by atoms with Crippen molar-refractivity contribution < 1.29 is 64.3 Å². The summed E-state index contributed by atoms with van der Waals surface area (Å²) in [5.74, 6) is 0.425. The Morgan fingerprint density at radius 1 is 1.75 bits per heavy atom. The molecule has 3 nitrogen and oxygen atoms in total. The average molecular weight is 180 g/mol. The molecular weight excluding hydrogens is 175 g/mol. The minimum absolute atomic E-state index is 0. The topological polar surface area (TPSA) is 49.4 Å². The normalized spacial score (nSPS) is 12.2. The van der Waals surface area contributed by atoms with E-state index in [0.717, 1.165) is 0 Å². The molecule has 0 bridgehead atoms. The number of thiol groups is 1. The van der Waals surface area contributed by atoms with Crippen LogP contribution in [0.4, 0.5) is 0 Å². The van der Waals surface area contributed by atoms with Crippen LogP contribution in [0.1, 0.15) is 0 Å². The van der Waals surface area contributed by atoms with E-state index in [0.29, 0.717) is 5.75 Å². The Morgan fingerprint density at radius 3 is 2.38 bits per heavy atom. The summed E-state index contributed by atoms with van der Waals surface area (Å²) >= 11 is 1.33. The van der Waals surface area contributed by atoms with Crippen LogP contribution >= 0.6 is 12.6 Å². The van der Waals surface area contributed by atoms with Gasteiger partial charge in [-0.15, -0.1) is 0 Å². The molecule has 0 saturated carbocycles. The zero-order chi connectivity index (χ0) is 5.70. The zero-order valence-electron chi connectivity index (χ0n) is 4.49. The fourth-order valence-electron chi connectivity index (χ4n) is 0.105. The summed E-state index contributed by atoms with van der Waals surface area (Å²) in [6.07, 6.45) is 0. The largest absolute Gasteiger partial charge is 1.00 e. The van der Waals surface area contributed by atoms with Crippen LogP contribution in [0.2, 0.25) is 0 Å². The van der Waals surface area contributed by atoms with Crippen LogP contribution in [0.15, 0.2) is 0 Å². The summed E-state index contributed by atoms with van der Waals surface area (Å²) in [7, 11) is 0. The van der Waals surface area contributed by atoms with Gasteiger partial charge in [0.25, 0.3) is 0 Å². The van der Waals surface area contributed by atoms with Crippen molar-refractivity contribution in [3.8, 4) is 0 Å². The first-order valence-electron chi connectivity index (χ1n) is 1.60. The second kappa shape index (κ2) is 9.06. The van der Waals surface area contributed by atoms with Crippen LogP contribution in [-0.2, 0) is 15.5 Å². The number of hydrogen-bond acceptors (Lipinski definition) is 4. The van der Waals surface area contributed by atoms with Crippen molar-refractivity contribution in [3.05, 3.63) is 0 Å². The van der Waals surface area contributed by atoms with Crippen molar-refractivity contribution >= 4 is 24.0 Å². The molecule has 0 heterocycles. The summed E-state index contributed by atoms with van der Waals surface area (Å²) in [5, 5.41) is 0. The van der Waals surface area contributed by atoms with Gasteiger partial charge in [0, 0.05) is 5.75 Å². The van der Waals surface area contributed by atoms with Crippen molar-refractivity contribution in [1.82, 2.24) is 0 Å². The van der Waals surface area contributed by atoms with Crippen molar-refractivity contribution in [2.45, 2.75) is 0 Å². The molecular formula is C2H5KO3S2. The smallest absolute Gasteiger partial charge is 0.750 e. The van der Waals surface area contributed by atoms with Gasteiger partial charge in [0.15, 0.2) is 0 Å². The molecule has 1 atom stereocenters. The molecule has 0 rings (SSSR count). The van der Waals surface area contributed by atoms with Crippen LogP contribution < -0.4 is 51.4 Å². The Morgan fingerprint density at radius 2 is 2.25 bits per heavy atom. The van der Waals surface area contributed by atoms with E-state index < -0.39 is 11.4 Å². The van der Waals surface area contributed by atoms with E-state index in [1.54, 1.807) is 0 Å². The fraction of sp³-hybridized carbons (Fsp3) is 1.00. The van der Waals surface area contributed by atoms with E-state index in [1.807, 2.05) is 0 Å². The van der Waals surface area contributed by atoms with Gasteiger partial charge in [-0.05, 0) is 0 Å². The van der Waals surface area contributed by atoms with Gasteiger partial charge in [0.05, 0.1) is 18.0 Å². The zero-order valence-corrected chi connectivity index (χ0v) is 9.33. The first-order valence-corrected chi connectivity index (χ1v) is 3.24. The van der Waals surface area contributed by atoms with Gasteiger partial charge in [-0.1, -0.05) is 0 Å². The summed E-state index contributed by atoms with van der Waals surface area (Å²) in [6.45, 7) is 0.152. The maximum Gasteiger partial charge on any atom is 1.00 e. The van der Waals surface area contributed by atoms with E-state index in [9.17, 15) is 8.76 Å². The molecule has 0 aromatic carbocycles. The van der Waals surface area contributed by atoms with Gasteiger partial charge < -0.3 is 4.55 Å². The predicted octanol–water partition coefficient (Wildman–Crippen LogP) is -3.27. The predicted molar refractivity (Wildman–Crippen MR) is 28.7 cm³/mol. The summed E-state index contributed by atoms with van der Waals surface area (Å²) in [5.41, 5.74) is 0. The molecule has 0 amide bonds. The van der Waals surface area contributed by atoms with Gasteiger partial charge in [0.2, 0.25) is 0 Å². The SMILES string of the molecule is O=S([O-])OCCS.[K+]. The molecule has 0 aliphatic heterocycles. The van der Waals surface area contributed by atoms with Crippen molar-refractivity contribution in [2.24, 2.45) is 0 Å². The molecule has 0 aliphatic carbocycles. The Kier molecular flexibility index (Phi) is 14.4. The Bertz CT molecular complexity index is 68.3. The monoisotopic (exact) mass is 180 g/mol. The van der Waals surface area contributed by atoms with Gasteiger partial charge in [-0.2, -0.15) is 12.6 Å². The summed E-state index contributed by atoms with van der Waals surface area (Å²) in [4.78, 5) is 0. The first-order chi connectivity index (χ1) is 3.27. The summed E-state index contributed by atoms with van der Waals surface area (Å²) < 4.78 is 23.0. The van der Waals surface area contributed by atoms with Crippen LogP contribution in [0.3, 0.4) is 0 Å². The summed E-state index contributed by atoms with van der Waals surface area (Å²) in [6, 6.07) is 0. The number of rotatable bonds is 3. The third kappa shape index (κ3) is 10.9. The van der Waals surface area contributed by atoms with E-state index in [2.05, 4.69) is 16.8 Å². The first kappa shape index (κ1) is 12.7. The van der Waals surface area contributed by atoms with E-state index in [4.69, 9.17) is 0 Å². The molecule has 0 N–H and O–H groups in total. The van der Waals surface area contributed by atoms with Crippen molar-refractivity contribution in [3.63, 3.8) is 0 Å². The van der Waals surface area contributed by atoms with E-state index in [-0.39, 0.29) is 58.0 Å². The van der Waals surface area contributed by atoms with E-state index >= 15 is 0 Å². The molecule has 0 radical (unpaired) electrons. The molecule has 44 valence electrons. The van der Waals surface area contributed by atoms with Crippen LogP contribution in [-0.4, -0.2) is 21.1 Å². The van der Waals surface area contributed by atoms with Gasteiger partial charge in [-0.25, -0.2) is 4.21 Å². The van der Waals surface area contributed by atoms with Crippen LogP contribution in [0, 0.1) is 0 Å². The Balaban J connectivity index is 0. The van der Waals surface area contributed by atoms with Crippen molar-refractivity contribution in [2.75, 3.05) is 12.4 Å². The Hall–Kier alpha value is 2.06. The molecule has 0 spiro atoms. The molecule has 6 heteroatoms. The fourth-order valence-corrected chi connectivity index (χ4v) is 0.540. The second-order valence-corrected chi connectivity index (χ2v) is 1.84. The molecule has 1 unspecified atom stereocenters. The standard InChI is InChI=1S/C2H6O3S2.K/c3-7(4)5-1-2-6;/h6H,1-2H2,(H,3,4);/q;+1/p-1. The van der Waals surface area contributed by atoms with Gasteiger partial charge in [0.1, 0.15) is 0 Å². The average Bonchev–Trinajstić information content (AvgIpc) is 1.61. The second-order valence-electron chi connectivity index (χ2n) is 0.750. The maximum absolute atomic E-state index is 9.50. The van der Waals surface area contributed by atoms with Crippen LogP contribution in [0.25, 0.3) is 0 Å². The molecule has 0 aromatic heterocycles. The molecule has 0 saturated heterocycles. The minimum atomic E-state index is -2.36. The third-order valence-corrected chi connectivity index (χ3v) is 0.813. The number of hydrogen-bond donors (Lipinski definition) is 1.